The van der Waals surface area contributed by atoms with Crippen LogP contribution in [-0.4, -0.2) is 35.3 Å². The highest BCUT2D eigenvalue weighted by molar-refractivity contribution is 5.76. The molecule has 0 heterocycles. The van der Waals surface area contributed by atoms with Gasteiger partial charge in [-0.25, -0.2) is 0 Å². The molecule has 0 bridgehead atoms. The van der Waals surface area contributed by atoms with Crippen LogP contribution in [0.5, 0.6) is 5.75 Å². The van der Waals surface area contributed by atoms with Crippen LogP contribution < -0.4 is 10.5 Å². The van der Waals surface area contributed by atoms with Gasteiger partial charge in [0.05, 0.1) is 19.8 Å². The second-order valence-electron chi connectivity index (χ2n) is 2.95. The summed E-state index contributed by atoms with van der Waals surface area (Å²) < 4.78 is 40.6. The Labute approximate surface area is 100 Å². The number of hydrogen-bond donors (Lipinski definition) is 3. The van der Waals surface area contributed by atoms with E-state index in [2.05, 4.69) is 0 Å². The molecule has 0 aliphatic heterocycles. The van der Waals surface area contributed by atoms with Crippen LogP contribution in [-0.2, 0) is 11.2 Å². The summed E-state index contributed by atoms with van der Waals surface area (Å²) in [5, 5.41) is 18.5. The van der Waals surface area contributed by atoms with Gasteiger partial charge in [0, 0.05) is 0 Å². The third kappa shape index (κ3) is 4.29. The van der Waals surface area contributed by atoms with Crippen LogP contribution in [0.15, 0.2) is 24.3 Å². The number of nitrogens with two attached hydrogens (primary N) is 1. The largest absolute Gasteiger partial charge is 0.491 e. The van der Waals surface area contributed by atoms with Crippen LogP contribution in [0.3, 0.4) is 0 Å². The molecule has 0 aromatic heterocycles. The Balaban J connectivity index is 2.92. The number of aliphatic hydroxyl groups is 2. The van der Waals surface area contributed by atoms with Gasteiger partial charge in [0.2, 0.25) is 5.91 Å². The van der Waals surface area contributed by atoms with Crippen LogP contribution in [0.25, 0.3) is 0 Å². The predicted octanol–water partition coefficient (Wildman–Crippen LogP) is -0.554. The Morgan fingerprint density at radius 3 is 2.69 bits per heavy atom. The van der Waals surface area contributed by atoms with Crippen molar-refractivity contribution in [3.63, 3.8) is 0 Å². The first-order valence-corrected chi connectivity index (χ1v) is 4.38. The number of amides is 1. The second kappa shape index (κ2) is 6.09. The zero-order valence-corrected chi connectivity index (χ0v) is 8.30. The van der Waals surface area contributed by atoms with Crippen molar-refractivity contribution >= 4 is 5.91 Å². The van der Waals surface area contributed by atoms with Gasteiger partial charge in [0.15, 0.2) is 0 Å². The Morgan fingerprint density at radius 1 is 1.56 bits per heavy atom. The van der Waals surface area contributed by atoms with E-state index in [0.717, 1.165) is 0 Å². The molecule has 0 saturated heterocycles. The summed E-state index contributed by atoms with van der Waals surface area (Å²) in [6, 6.07) is 5.37. The van der Waals surface area contributed by atoms with E-state index in [-0.39, 0.29) is 12.2 Å². The predicted molar refractivity (Wildman–Crippen MR) is 57.9 cm³/mol. The van der Waals surface area contributed by atoms with E-state index < -0.39 is 25.1 Å². The molecular formula is C11H15NO4. The van der Waals surface area contributed by atoms with E-state index in [4.69, 9.17) is 22.4 Å². The molecule has 1 aromatic rings. The number of carbonyl (C=O) groups is 1. The van der Waals surface area contributed by atoms with Crippen LogP contribution in [0.1, 0.15) is 12.4 Å². The standard InChI is InChI=1S/C11H15NO4/c12-11(15)5-8-1-3-10(4-2-8)16-7-9(14)6-13/h1-4,9,13-14H,5-7H2,(H2,12,15)/i6D2,7D2,9D. The molecule has 1 aromatic carbocycles. The minimum absolute atomic E-state index is 0.0191. The molecule has 0 saturated carbocycles. The highest BCUT2D eigenvalue weighted by Crippen LogP contribution is 2.12. The maximum atomic E-state index is 10.7. The summed E-state index contributed by atoms with van der Waals surface area (Å²) in [4.78, 5) is 10.7. The zero-order valence-electron chi connectivity index (χ0n) is 13.3. The average Bonchev–Trinajstić information content (AvgIpc) is 2.29. The molecule has 16 heavy (non-hydrogen) atoms. The van der Waals surface area contributed by atoms with Crippen molar-refractivity contribution in [3.05, 3.63) is 29.8 Å². The van der Waals surface area contributed by atoms with Crippen LogP contribution in [0, 0.1) is 0 Å². The summed E-state index contributed by atoms with van der Waals surface area (Å²) in [5.41, 5.74) is 5.56. The normalized spacial score (nSPS) is 20.5. The van der Waals surface area contributed by atoms with Crippen molar-refractivity contribution in [1.29, 1.82) is 0 Å². The first kappa shape index (κ1) is 6.88. The first-order valence-electron chi connectivity index (χ1n) is 6.88. The smallest absolute Gasteiger partial charge is 0.221 e. The van der Waals surface area contributed by atoms with E-state index in [1.807, 2.05) is 0 Å². The van der Waals surface area contributed by atoms with Crippen LogP contribution >= 0.6 is 0 Å². The number of hydrogen-bond acceptors (Lipinski definition) is 4. The third-order valence-corrected chi connectivity index (χ3v) is 1.67. The van der Waals surface area contributed by atoms with Crippen molar-refractivity contribution < 1.29 is 26.6 Å². The first-order chi connectivity index (χ1) is 9.37. The van der Waals surface area contributed by atoms with E-state index in [9.17, 15) is 9.90 Å². The van der Waals surface area contributed by atoms with Gasteiger partial charge in [0.25, 0.3) is 0 Å². The highest BCUT2D eigenvalue weighted by Gasteiger charge is 2.03. The minimum atomic E-state index is -3.55. The van der Waals surface area contributed by atoms with Gasteiger partial charge >= 0.3 is 0 Å². The summed E-state index contributed by atoms with van der Waals surface area (Å²) >= 11 is 0. The maximum Gasteiger partial charge on any atom is 0.221 e. The summed E-state index contributed by atoms with van der Waals surface area (Å²) in [6.07, 6.45) is -3.57. The lowest BCUT2D eigenvalue weighted by Gasteiger charge is -2.09. The number of ether oxygens (including phenoxy) is 1. The molecule has 1 rings (SSSR count). The third-order valence-electron chi connectivity index (χ3n) is 1.67. The molecule has 0 radical (unpaired) electrons. The summed E-state index contributed by atoms with van der Waals surface area (Å²) in [7, 11) is 0. The van der Waals surface area contributed by atoms with Crippen molar-refractivity contribution in [3.8, 4) is 5.75 Å². The van der Waals surface area contributed by atoms with Crippen molar-refractivity contribution in [2.45, 2.75) is 12.5 Å². The van der Waals surface area contributed by atoms with Gasteiger partial charge in [-0.3, -0.25) is 4.79 Å². The van der Waals surface area contributed by atoms with Crippen molar-refractivity contribution in [2.75, 3.05) is 13.1 Å². The van der Waals surface area contributed by atoms with Gasteiger partial charge in [-0.05, 0) is 17.7 Å². The number of rotatable bonds is 6. The molecule has 0 spiro atoms. The molecule has 5 nitrogen and oxygen atoms in total. The maximum absolute atomic E-state index is 10.7. The van der Waals surface area contributed by atoms with Crippen molar-refractivity contribution in [1.82, 2.24) is 0 Å². The van der Waals surface area contributed by atoms with E-state index in [1.165, 1.54) is 24.3 Å². The van der Waals surface area contributed by atoms with Gasteiger partial charge < -0.3 is 20.7 Å². The molecule has 4 N–H and O–H groups in total. The molecule has 88 valence electrons. The Morgan fingerprint density at radius 2 is 2.19 bits per heavy atom. The molecule has 1 atom stereocenters. The van der Waals surface area contributed by atoms with Crippen molar-refractivity contribution in [2.24, 2.45) is 5.73 Å². The Kier molecular flexibility index (Phi) is 2.62. The Bertz CT molecular complexity index is 512. The fourth-order valence-electron chi connectivity index (χ4n) is 1.01. The van der Waals surface area contributed by atoms with Gasteiger partial charge in [-0.15, -0.1) is 0 Å². The molecule has 1 unspecified atom stereocenters. The zero-order chi connectivity index (χ0) is 16.5. The Hall–Kier alpha value is -1.59. The van der Waals surface area contributed by atoms with E-state index in [0.29, 0.717) is 5.56 Å². The number of carbonyl (C=O) groups excluding carboxylic acids is 1. The topological polar surface area (TPSA) is 92.8 Å². The second-order valence-corrected chi connectivity index (χ2v) is 2.95. The number of primary amides is 1. The van der Waals surface area contributed by atoms with Crippen LogP contribution in [0.4, 0.5) is 0 Å². The monoisotopic (exact) mass is 230 g/mol. The molecular weight excluding hydrogens is 210 g/mol. The summed E-state index contributed by atoms with van der Waals surface area (Å²) in [5.74, 6) is -0.670. The summed E-state index contributed by atoms with van der Waals surface area (Å²) in [6.45, 7) is -6.77. The quantitative estimate of drug-likeness (QED) is 0.611. The lowest BCUT2D eigenvalue weighted by atomic mass is 10.1. The molecule has 5 heteroatoms. The lowest BCUT2D eigenvalue weighted by molar-refractivity contribution is -0.117. The van der Waals surface area contributed by atoms with Gasteiger partial charge in [-0.1, -0.05) is 12.1 Å². The molecule has 1 amide bonds. The molecule has 0 fully saturated rings. The van der Waals surface area contributed by atoms with Crippen LogP contribution in [0.2, 0.25) is 0 Å². The van der Waals surface area contributed by atoms with E-state index >= 15 is 0 Å². The fourth-order valence-corrected chi connectivity index (χ4v) is 1.01. The fraction of sp³-hybridized carbons (Fsp3) is 0.364. The highest BCUT2D eigenvalue weighted by atomic mass is 16.5. The van der Waals surface area contributed by atoms with Gasteiger partial charge in [0.1, 0.15) is 18.4 Å². The lowest BCUT2D eigenvalue weighted by Crippen LogP contribution is -2.21. The average molecular weight is 230 g/mol. The number of benzene rings is 1. The van der Waals surface area contributed by atoms with E-state index in [1.54, 1.807) is 0 Å². The SMILES string of the molecule is [2H]C([2H])(O)C([2H])(O)C([2H])([2H])Oc1ccc(CC(N)=O)cc1. The molecule has 0 aliphatic rings. The minimum Gasteiger partial charge on any atom is -0.491 e. The molecule has 0 aliphatic carbocycles. The van der Waals surface area contributed by atoms with Gasteiger partial charge in [-0.2, -0.15) is 0 Å².